The minimum atomic E-state index is -2.87. The summed E-state index contributed by atoms with van der Waals surface area (Å²) in [5, 5.41) is 2.27. The third kappa shape index (κ3) is 9.33. The molecule has 6 rings (SSSR count). The van der Waals surface area contributed by atoms with Crippen LogP contribution in [0.25, 0.3) is 0 Å². The van der Waals surface area contributed by atoms with Crippen LogP contribution in [0.2, 0.25) is 5.04 Å². The Morgan fingerprint density at radius 1 is 0.538 bits per heavy atom. The lowest BCUT2D eigenvalue weighted by atomic mass is 9.99. The summed E-state index contributed by atoms with van der Waals surface area (Å²) in [4.78, 5) is 0. The van der Waals surface area contributed by atoms with Gasteiger partial charge < -0.3 is 23.4 Å². The number of hydrogen-bond donors (Lipinski definition) is 0. The van der Waals surface area contributed by atoms with Crippen LogP contribution in [0.15, 0.2) is 152 Å². The van der Waals surface area contributed by atoms with E-state index >= 15 is 0 Å². The van der Waals surface area contributed by atoms with E-state index in [1.54, 1.807) is 11.8 Å². The summed E-state index contributed by atoms with van der Waals surface area (Å²) < 4.78 is 35.4. The van der Waals surface area contributed by atoms with E-state index in [4.69, 9.17) is 23.4 Å². The van der Waals surface area contributed by atoms with Crippen LogP contribution >= 0.6 is 11.8 Å². The lowest BCUT2D eigenvalue weighted by molar-refractivity contribution is -0.251. The van der Waals surface area contributed by atoms with Gasteiger partial charge in [0.2, 0.25) is 0 Å². The van der Waals surface area contributed by atoms with E-state index in [9.17, 15) is 0 Å². The first-order valence-corrected chi connectivity index (χ1v) is 21.3. The van der Waals surface area contributed by atoms with Gasteiger partial charge >= 0.3 is 0 Å². The molecule has 0 unspecified atom stereocenters. The molecule has 0 saturated carbocycles. The summed E-state index contributed by atoms with van der Waals surface area (Å²) in [5.41, 5.74) is 2.99. The van der Waals surface area contributed by atoms with Crippen molar-refractivity contribution in [3.05, 3.63) is 168 Å². The van der Waals surface area contributed by atoms with Crippen LogP contribution in [-0.4, -0.2) is 50.5 Å². The third-order valence-corrected chi connectivity index (χ3v) is 15.7. The Balaban J connectivity index is 1.39. The van der Waals surface area contributed by atoms with Crippen LogP contribution in [0, 0.1) is 0 Å². The third-order valence-electron chi connectivity index (χ3n) is 9.66. The van der Waals surface area contributed by atoms with Crippen LogP contribution in [-0.2, 0) is 43.2 Å². The summed E-state index contributed by atoms with van der Waals surface area (Å²) >= 11 is 1.75. The van der Waals surface area contributed by atoms with Gasteiger partial charge in [0.05, 0.1) is 26.4 Å². The van der Waals surface area contributed by atoms with Crippen molar-refractivity contribution >= 4 is 30.5 Å². The molecule has 0 aromatic heterocycles. The smallest absolute Gasteiger partial charge is 0.261 e. The van der Waals surface area contributed by atoms with Crippen molar-refractivity contribution in [2.45, 2.75) is 82.4 Å². The standard InChI is InChI=1S/C45H52O5SSi/c1-5-51-44-43(48-33-37-25-15-8-16-26-37)42(47-32-36-23-13-7-14-24-36)41(46-31-35-21-11-6-12-22-35)40(50-44)34-49-52(45(2,3)4,38-27-17-9-18-28-38)39-29-19-10-20-30-39/h6-30,40-44H,5,31-34H2,1-4H3/t40-,41-,42+,43+,44-/m0/s1. The zero-order valence-electron chi connectivity index (χ0n) is 30.8. The van der Waals surface area contributed by atoms with E-state index in [1.165, 1.54) is 10.4 Å². The van der Waals surface area contributed by atoms with Crippen molar-refractivity contribution in [1.29, 1.82) is 0 Å². The van der Waals surface area contributed by atoms with E-state index in [0.29, 0.717) is 26.4 Å². The molecule has 5 aromatic rings. The van der Waals surface area contributed by atoms with Gasteiger partial charge in [0.25, 0.3) is 8.32 Å². The lowest BCUT2D eigenvalue weighted by Crippen LogP contribution is -2.68. The predicted molar refractivity (Wildman–Crippen MR) is 215 cm³/mol. The van der Waals surface area contributed by atoms with Crippen molar-refractivity contribution in [3.63, 3.8) is 0 Å². The molecule has 1 aliphatic heterocycles. The number of ether oxygens (including phenoxy) is 4. The molecule has 5 atom stereocenters. The molecule has 0 spiro atoms. The monoisotopic (exact) mass is 732 g/mol. The molecule has 52 heavy (non-hydrogen) atoms. The van der Waals surface area contributed by atoms with Crippen LogP contribution in [0.5, 0.6) is 0 Å². The molecule has 1 aliphatic rings. The minimum Gasteiger partial charge on any atom is -0.405 e. The second-order valence-electron chi connectivity index (χ2n) is 14.3. The van der Waals surface area contributed by atoms with Crippen molar-refractivity contribution in [2.75, 3.05) is 12.4 Å². The Hall–Kier alpha value is -3.53. The van der Waals surface area contributed by atoms with Gasteiger partial charge in [0.15, 0.2) is 0 Å². The minimum absolute atomic E-state index is 0.188. The Labute approximate surface area is 315 Å². The van der Waals surface area contributed by atoms with Crippen LogP contribution < -0.4 is 10.4 Å². The Kier molecular flexibility index (Phi) is 13.6. The molecule has 1 heterocycles. The second kappa shape index (κ2) is 18.5. The van der Waals surface area contributed by atoms with Gasteiger partial charge in [0, 0.05) is 0 Å². The highest BCUT2D eigenvalue weighted by Gasteiger charge is 2.53. The summed E-state index contributed by atoms with van der Waals surface area (Å²) in [7, 11) is -2.87. The fraction of sp³-hybridized carbons (Fsp3) is 0.333. The SMILES string of the molecule is CCS[C@@H]1O[C@@H](CO[Si](c2ccccc2)(c2ccccc2)C(C)(C)C)[C@H](OCc2ccccc2)[C@@H](OCc2ccccc2)[C@H]1OCc1ccccc1. The molecule has 0 amide bonds. The normalized spacial score (nSPS) is 20.8. The fourth-order valence-corrected chi connectivity index (χ4v) is 12.7. The molecule has 272 valence electrons. The van der Waals surface area contributed by atoms with Gasteiger partial charge in [-0.1, -0.05) is 179 Å². The van der Waals surface area contributed by atoms with Gasteiger partial charge in [-0.2, -0.15) is 0 Å². The van der Waals surface area contributed by atoms with E-state index in [2.05, 4.69) is 125 Å². The zero-order valence-corrected chi connectivity index (χ0v) is 32.6. The van der Waals surface area contributed by atoms with Crippen molar-refractivity contribution in [3.8, 4) is 0 Å². The predicted octanol–water partition coefficient (Wildman–Crippen LogP) is 8.80. The van der Waals surface area contributed by atoms with Gasteiger partial charge in [-0.05, 0) is 37.9 Å². The van der Waals surface area contributed by atoms with E-state index in [0.717, 1.165) is 22.4 Å². The van der Waals surface area contributed by atoms with Crippen LogP contribution in [0.3, 0.4) is 0 Å². The van der Waals surface area contributed by atoms with Gasteiger partial charge in [-0.25, -0.2) is 0 Å². The number of hydrogen-bond acceptors (Lipinski definition) is 6. The molecule has 1 saturated heterocycles. The first-order valence-electron chi connectivity index (χ1n) is 18.4. The Morgan fingerprint density at radius 3 is 1.33 bits per heavy atom. The van der Waals surface area contributed by atoms with Gasteiger partial charge in [-0.15, -0.1) is 11.8 Å². The van der Waals surface area contributed by atoms with Gasteiger partial charge in [-0.3, -0.25) is 0 Å². The van der Waals surface area contributed by atoms with E-state index in [1.807, 2.05) is 54.6 Å². The van der Waals surface area contributed by atoms with E-state index in [-0.39, 0.29) is 10.5 Å². The van der Waals surface area contributed by atoms with Crippen molar-refractivity contribution in [1.82, 2.24) is 0 Å². The summed E-state index contributed by atoms with van der Waals surface area (Å²) in [6.45, 7) is 10.7. The highest BCUT2D eigenvalue weighted by molar-refractivity contribution is 7.99. The molecule has 0 radical (unpaired) electrons. The number of benzene rings is 5. The lowest BCUT2D eigenvalue weighted by Gasteiger charge is -2.48. The summed E-state index contributed by atoms with van der Waals surface area (Å²) in [5.74, 6) is 0.860. The van der Waals surface area contributed by atoms with Crippen LogP contribution in [0.4, 0.5) is 0 Å². The average molecular weight is 733 g/mol. The molecule has 7 heteroatoms. The molecule has 1 fully saturated rings. The highest BCUT2D eigenvalue weighted by Crippen LogP contribution is 2.39. The maximum Gasteiger partial charge on any atom is 0.261 e. The maximum atomic E-state index is 7.52. The molecular formula is C45H52O5SSi. The molecule has 0 N–H and O–H groups in total. The molecular weight excluding hydrogens is 681 g/mol. The largest absolute Gasteiger partial charge is 0.405 e. The van der Waals surface area contributed by atoms with Crippen molar-refractivity contribution in [2.24, 2.45) is 0 Å². The molecule has 0 aliphatic carbocycles. The summed E-state index contributed by atoms with van der Waals surface area (Å²) in [6, 6.07) is 52.5. The second-order valence-corrected chi connectivity index (χ2v) is 19.9. The molecule has 0 bridgehead atoms. The Morgan fingerprint density at radius 2 is 0.923 bits per heavy atom. The average Bonchev–Trinajstić information content (AvgIpc) is 3.18. The number of rotatable bonds is 16. The first kappa shape index (κ1) is 38.2. The Bertz CT molecular complexity index is 1700. The molecule has 5 nitrogen and oxygen atoms in total. The maximum absolute atomic E-state index is 7.52. The fourth-order valence-electron chi connectivity index (χ4n) is 7.15. The molecule has 5 aromatic carbocycles. The van der Waals surface area contributed by atoms with E-state index < -0.39 is 32.7 Å². The topological polar surface area (TPSA) is 46.2 Å². The van der Waals surface area contributed by atoms with Crippen LogP contribution in [0.1, 0.15) is 44.4 Å². The zero-order chi connectivity index (χ0) is 36.2. The van der Waals surface area contributed by atoms with Gasteiger partial charge in [0.1, 0.15) is 29.9 Å². The summed E-state index contributed by atoms with van der Waals surface area (Å²) in [6.07, 6.45) is -1.72. The quantitative estimate of drug-likeness (QED) is 0.0946. The van der Waals surface area contributed by atoms with Crippen molar-refractivity contribution < 1.29 is 23.4 Å². The first-order chi connectivity index (χ1) is 25.4. The highest BCUT2D eigenvalue weighted by atomic mass is 32.2. The number of thioether (sulfide) groups is 1.